The van der Waals surface area contributed by atoms with Crippen molar-refractivity contribution in [3.05, 3.63) is 29.3 Å². The van der Waals surface area contributed by atoms with Gasteiger partial charge in [0.15, 0.2) is 0 Å². The number of aryl methyl sites for hydroxylation is 2. The van der Waals surface area contributed by atoms with E-state index in [0.29, 0.717) is 6.42 Å². The van der Waals surface area contributed by atoms with Crippen molar-refractivity contribution in [2.75, 3.05) is 38.2 Å². The monoisotopic (exact) mass is 262 g/mol. The number of para-hydroxylation sites is 1. The molecule has 1 amide bonds. The molecule has 2 rings (SSSR count). The van der Waals surface area contributed by atoms with Gasteiger partial charge in [0, 0.05) is 31.7 Å². The summed E-state index contributed by atoms with van der Waals surface area (Å²) in [5.74, 6) is 0.0869. The number of carbonyl (C=O) groups is 1. The molecule has 0 saturated carbocycles. The number of rotatable bonds is 4. The predicted octanol–water partition coefficient (Wildman–Crippen LogP) is 1.96. The van der Waals surface area contributed by atoms with Crippen molar-refractivity contribution in [3.63, 3.8) is 0 Å². The number of amides is 1. The first kappa shape index (κ1) is 14.0. The topological polar surface area (TPSA) is 41.6 Å². The molecule has 1 aromatic rings. The largest absolute Gasteiger partial charge is 0.379 e. The Kier molecular flexibility index (Phi) is 4.93. The number of hydrogen-bond acceptors (Lipinski definition) is 3. The van der Waals surface area contributed by atoms with Crippen LogP contribution < -0.4 is 5.32 Å². The van der Waals surface area contributed by atoms with E-state index in [4.69, 9.17) is 4.74 Å². The van der Waals surface area contributed by atoms with Crippen LogP contribution in [-0.4, -0.2) is 43.7 Å². The highest BCUT2D eigenvalue weighted by atomic mass is 16.5. The number of morpholine rings is 1. The lowest BCUT2D eigenvalue weighted by Crippen LogP contribution is -2.38. The van der Waals surface area contributed by atoms with Gasteiger partial charge in [-0.25, -0.2) is 0 Å². The molecule has 0 spiro atoms. The van der Waals surface area contributed by atoms with Gasteiger partial charge in [0.05, 0.1) is 13.2 Å². The SMILES string of the molecule is Cc1cccc(C)c1NC(=O)CCN1CCOCC1. The zero-order valence-corrected chi connectivity index (χ0v) is 11.7. The minimum Gasteiger partial charge on any atom is -0.379 e. The summed E-state index contributed by atoms with van der Waals surface area (Å²) < 4.78 is 5.29. The highest BCUT2D eigenvalue weighted by Gasteiger charge is 2.13. The van der Waals surface area contributed by atoms with Gasteiger partial charge in [0.1, 0.15) is 0 Å². The maximum Gasteiger partial charge on any atom is 0.225 e. The van der Waals surface area contributed by atoms with Crippen molar-refractivity contribution in [1.29, 1.82) is 0 Å². The summed E-state index contributed by atoms with van der Waals surface area (Å²) in [5.41, 5.74) is 3.17. The van der Waals surface area contributed by atoms with Gasteiger partial charge < -0.3 is 10.1 Å². The lowest BCUT2D eigenvalue weighted by atomic mass is 10.1. The maximum atomic E-state index is 12.0. The average Bonchev–Trinajstić information content (AvgIpc) is 2.42. The van der Waals surface area contributed by atoms with Crippen LogP contribution in [0.1, 0.15) is 17.5 Å². The quantitative estimate of drug-likeness (QED) is 0.902. The lowest BCUT2D eigenvalue weighted by Gasteiger charge is -2.26. The van der Waals surface area contributed by atoms with Crippen LogP contribution in [0.15, 0.2) is 18.2 Å². The first-order chi connectivity index (χ1) is 9.16. The van der Waals surface area contributed by atoms with E-state index in [2.05, 4.69) is 10.2 Å². The summed E-state index contributed by atoms with van der Waals surface area (Å²) >= 11 is 0. The Bertz CT molecular complexity index is 420. The van der Waals surface area contributed by atoms with Crippen LogP contribution >= 0.6 is 0 Å². The lowest BCUT2D eigenvalue weighted by molar-refractivity contribution is -0.116. The van der Waals surface area contributed by atoms with Crippen LogP contribution in [0.4, 0.5) is 5.69 Å². The molecular formula is C15H22N2O2. The molecule has 0 aromatic heterocycles. The Morgan fingerprint density at radius 2 is 1.89 bits per heavy atom. The summed E-state index contributed by atoms with van der Waals surface area (Å²) in [6.07, 6.45) is 0.535. The Hall–Kier alpha value is -1.39. The van der Waals surface area contributed by atoms with Gasteiger partial charge in [-0.05, 0) is 25.0 Å². The van der Waals surface area contributed by atoms with E-state index in [1.54, 1.807) is 0 Å². The molecule has 0 radical (unpaired) electrons. The highest BCUT2D eigenvalue weighted by molar-refractivity contribution is 5.92. The third-order valence-electron chi connectivity index (χ3n) is 3.50. The third-order valence-corrected chi connectivity index (χ3v) is 3.50. The maximum absolute atomic E-state index is 12.0. The molecule has 19 heavy (non-hydrogen) atoms. The molecule has 1 heterocycles. The van der Waals surface area contributed by atoms with Crippen LogP contribution in [0.25, 0.3) is 0 Å². The highest BCUT2D eigenvalue weighted by Crippen LogP contribution is 2.19. The van der Waals surface area contributed by atoms with E-state index in [1.165, 1.54) is 0 Å². The molecule has 1 fully saturated rings. The molecule has 1 aliphatic heterocycles. The fourth-order valence-electron chi connectivity index (χ4n) is 2.30. The van der Waals surface area contributed by atoms with Gasteiger partial charge in [-0.15, -0.1) is 0 Å². The molecule has 0 bridgehead atoms. The van der Waals surface area contributed by atoms with Crippen molar-refractivity contribution in [1.82, 2.24) is 4.90 Å². The first-order valence-electron chi connectivity index (χ1n) is 6.83. The van der Waals surface area contributed by atoms with Gasteiger partial charge in [-0.2, -0.15) is 0 Å². The molecule has 1 N–H and O–H groups in total. The molecule has 1 aliphatic rings. The molecule has 0 atom stereocenters. The van der Waals surface area contributed by atoms with Gasteiger partial charge in [0.25, 0.3) is 0 Å². The van der Waals surface area contributed by atoms with Gasteiger partial charge >= 0.3 is 0 Å². The van der Waals surface area contributed by atoms with Gasteiger partial charge in [0.2, 0.25) is 5.91 Å². The second-order valence-corrected chi connectivity index (χ2v) is 5.02. The van der Waals surface area contributed by atoms with E-state index >= 15 is 0 Å². The van der Waals surface area contributed by atoms with E-state index in [9.17, 15) is 4.79 Å². The zero-order chi connectivity index (χ0) is 13.7. The Morgan fingerprint density at radius 1 is 1.26 bits per heavy atom. The minimum absolute atomic E-state index is 0.0869. The van der Waals surface area contributed by atoms with Crippen LogP contribution in [-0.2, 0) is 9.53 Å². The van der Waals surface area contributed by atoms with Crippen molar-refractivity contribution in [2.24, 2.45) is 0 Å². The van der Waals surface area contributed by atoms with Gasteiger partial charge in [-0.1, -0.05) is 18.2 Å². The predicted molar refractivity (Wildman–Crippen MR) is 76.4 cm³/mol. The Balaban J connectivity index is 1.83. The van der Waals surface area contributed by atoms with Gasteiger partial charge in [-0.3, -0.25) is 9.69 Å². The number of anilines is 1. The van der Waals surface area contributed by atoms with E-state index in [1.807, 2.05) is 32.0 Å². The first-order valence-corrected chi connectivity index (χ1v) is 6.83. The molecule has 0 unspecified atom stereocenters. The number of ether oxygens (including phenoxy) is 1. The standard InChI is InChI=1S/C15H22N2O2/c1-12-4-3-5-13(2)15(12)16-14(18)6-7-17-8-10-19-11-9-17/h3-5H,6-11H2,1-2H3,(H,16,18). The number of nitrogens with zero attached hydrogens (tertiary/aromatic N) is 1. The molecular weight excluding hydrogens is 240 g/mol. The number of carbonyl (C=O) groups excluding carboxylic acids is 1. The van der Waals surface area contributed by atoms with Crippen molar-refractivity contribution in [2.45, 2.75) is 20.3 Å². The normalized spacial score (nSPS) is 16.3. The molecule has 1 aromatic carbocycles. The second-order valence-electron chi connectivity index (χ2n) is 5.02. The van der Waals surface area contributed by atoms with Crippen LogP contribution in [0.3, 0.4) is 0 Å². The molecule has 4 nitrogen and oxygen atoms in total. The summed E-state index contributed by atoms with van der Waals surface area (Å²) in [6, 6.07) is 6.04. The number of nitrogens with one attached hydrogen (secondary N) is 1. The second kappa shape index (κ2) is 6.68. The van der Waals surface area contributed by atoms with Crippen LogP contribution in [0.5, 0.6) is 0 Å². The average molecular weight is 262 g/mol. The van der Waals surface area contributed by atoms with E-state index in [-0.39, 0.29) is 5.91 Å². The van der Waals surface area contributed by atoms with E-state index < -0.39 is 0 Å². The third kappa shape index (κ3) is 4.04. The smallest absolute Gasteiger partial charge is 0.225 e. The Labute approximate surface area is 114 Å². The number of hydrogen-bond donors (Lipinski definition) is 1. The number of benzene rings is 1. The fourth-order valence-corrected chi connectivity index (χ4v) is 2.30. The van der Waals surface area contributed by atoms with Crippen molar-refractivity contribution < 1.29 is 9.53 Å². The Morgan fingerprint density at radius 3 is 2.53 bits per heavy atom. The molecule has 104 valence electrons. The van der Waals surface area contributed by atoms with E-state index in [0.717, 1.165) is 49.7 Å². The molecule has 0 aliphatic carbocycles. The van der Waals surface area contributed by atoms with Crippen LogP contribution in [0, 0.1) is 13.8 Å². The molecule has 1 saturated heterocycles. The fraction of sp³-hybridized carbons (Fsp3) is 0.533. The minimum atomic E-state index is 0.0869. The molecule has 4 heteroatoms. The summed E-state index contributed by atoms with van der Waals surface area (Å²) in [7, 11) is 0. The van der Waals surface area contributed by atoms with Crippen LogP contribution in [0.2, 0.25) is 0 Å². The summed E-state index contributed by atoms with van der Waals surface area (Å²) in [4.78, 5) is 14.3. The zero-order valence-electron chi connectivity index (χ0n) is 11.7. The summed E-state index contributed by atoms with van der Waals surface area (Å²) in [5, 5.41) is 3.02. The van der Waals surface area contributed by atoms with Crippen molar-refractivity contribution in [3.8, 4) is 0 Å². The summed E-state index contributed by atoms with van der Waals surface area (Å²) in [6.45, 7) is 8.25. The van der Waals surface area contributed by atoms with Crippen molar-refractivity contribution >= 4 is 11.6 Å².